The van der Waals surface area contributed by atoms with E-state index in [1.807, 2.05) is 0 Å². The topological polar surface area (TPSA) is 75.9 Å². The van der Waals surface area contributed by atoms with Crippen molar-refractivity contribution in [2.24, 2.45) is 5.84 Å². The molecular formula is C12H17N5S. The van der Waals surface area contributed by atoms with Crippen molar-refractivity contribution in [1.82, 2.24) is 9.97 Å². The van der Waals surface area contributed by atoms with Gasteiger partial charge in [-0.1, -0.05) is 13.3 Å². The molecule has 0 aromatic carbocycles. The molecule has 0 aliphatic rings. The number of nitrogen functional groups attached to an aromatic ring is 1. The maximum absolute atomic E-state index is 5.47. The lowest BCUT2D eigenvalue weighted by Crippen LogP contribution is -2.14. The predicted molar refractivity (Wildman–Crippen MR) is 75.5 cm³/mol. The summed E-state index contributed by atoms with van der Waals surface area (Å²) in [5, 5.41) is 7.52. The summed E-state index contributed by atoms with van der Waals surface area (Å²) in [5.74, 6) is 7.02. The molecule has 0 spiro atoms. The van der Waals surface area contributed by atoms with Gasteiger partial charge >= 0.3 is 0 Å². The molecule has 18 heavy (non-hydrogen) atoms. The number of nitrogens with zero attached hydrogens (tertiary/aromatic N) is 2. The molecule has 0 radical (unpaired) electrons. The first-order valence-corrected chi connectivity index (χ1v) is 6.84. The smallest absolute Gasteiger partial charge is 0.148 e. The summed E-state index contributed by atoms with van der Waals surface area (Å²) >= 11 is 1.69. The Kier molecular flexibility index (Phi) is 4.49. The van der Waals surface area contributed by atoms with Crippen LogP contribution < -0.4 is 16.6 Å². The first-order valence-electron chi connectivity index (χ1n) is 5.90. The second-order valence-corrected chi connectivity index (χ2v) is 4.71. The van der Waals surface area contributed by atoms with E-state index in [-0.39, 0.29) is 0 Å². The molecular weight excluding hydrogens is 246 g/mol. The van der Waals surface area contributed by atoms with Crippen molar-refractivity contribution in [3.63, 3.8) is 0 Å². The van der Waals surface area contributed by atoms with Gasteiger partial charge < -0.3 is 10.7 Å². The number of aromatic nitrogens is 2. The van der Waals surface area contributed by atoms with Gasteiger partial charge in [-0.05, 0) is 28.8 Å². The van der Waals surface area contributed by atoms with Gasteiger partial charge in [-0.2, -0.15) is 11.3 Å². The number of hydrogen-bond acceptors (Lipinski definition) is 6. The summed E-state index contributed by atoms with van der Waals surface area (Å²) in [5.41, 5.74) is 4.92. The second-order valence-electron chi connectivity index (χ2n) is 3.93. The Hall–Kier alpha value is -1.66. The molecule has 0 amide bonds. The Morgan fingerprint density at radius 2 is 2.17 bits per heavy atom. The zero-order chi connectivity index (χ0) is 12.8. The fourth-order valence-electron chi connectivity index (χ4n) is 1.75. The molecule has 0 bridgehead atoms. The van der Waals surface area contributed by atoms with E-state index >= 15 is 0 Å². The minimum atomic E-state index is 0.694. The van der Waals surface area contributed by atoms with Crippen LogP contribution in [0.5, 0.6) is 0 Å². The highest BCUT2D eigenvalue weighted by Gasteiger charge is 2.09. The summed E-state index contributed by atoms with van der Waals surface area (Å²) < 4.78 is 0. The van der Waals surface area contributed by atoms with Crippen molar-refractivity contribution in [3.05, 3.63) is 34.3 Å². The number of thiophene rings is 1. The summed E-state index contributed by atoms with van der Waals surface area (Å²) in [4.78, 5) is 8.43. The first kappa shape index (κ1) is 12.8. The lowest BCUT2D eigenvalue weighted by atomic mass is 10.1. The predicted octanol–water partition coefficient (Wildman–Crippen LogP) is 2.39. The van der Waals surface area contributed by atoms with Crippen LogP contribution in [0.1, 0.15) is 24.5 Å². The summed E-state index contributed by atoms with van der Waals surface area (Å²) in [6.07, 6.45) is 3.44. The third-order valence-electron chi connectivity index (χ3n) is 2.62. The van der Waals surface area contributed by atoms with E-state index in [0.29, 0.717) is 5.82 Å². The van der Waals surface area contributed by atoms with Gasteiger partial charge in [0, 0.05) is 12.1 Å². The first-order chi connectivity index (χ1) is 8.85. The molecule has 0 saturated heterocycles. The highest BCUT2D eigenvalue weighted by atomic mass is 32.1. The van der Waals surface area contributed by atoms with Crippen LogP contribution in [0.25, 0.3) is 0 Å². The van der Waals surface area contributed by atoms with Crippen molar-refractivity contribution in [2.75, 3.05) is 10.7 Å². The molecule has 2 aromatic heterocycles. The van der Waals surface area contributed by atoms with E-state index in [0.717, 1.165) is 30.8 Å². The van der Waals surface area contributed by atoms with Crippen molar-refractivity contribution in [2.45, 2.75) is 26.3 Å². The third kappa shape index (κ3) is 2.96. The van der Waals surface area contributed by atoms with Crippen molar-refractivity contribution in [3.8, 4) is 0 Å². The van der Waals surface area contributed by atoms with Gasteiger partial charge in [0.1, 0.15) is 18.0 Å². The Balaban J connectivity index is 2.15. The molecule has 0 saturated carbocycles. The molecule has 4 N–H and O–H groups in total. The lowest BCUT2D eigenvalue weighted by Gasteiger charge is -2.12. The van der Waals surface area contributed by atoms with E-state index < -0.39 is 0 Å². The van der Waals surface area contributed by atoms with Crippen LogP contribution in [-0.2, 0) is 13.0 Å². The fourth-order valence-corrected chi connectivity index (χ4v) is 2.42. The van der Waals surface area contributed by atoms with Gasteiger partial charge in [-0.15, -0.1) is 0 Å². The van der Waals surface area contributed by atoms with E-state index in [4.69, 9.17) is 5.84 Å². The van der Waals surface area contributed by atoms with Gasteiger partial charge in [0.15, 0.2) is 0 Å². The van der Waals surface area contributed by atoms with Crippen molar-refractivity contribution >= 4 is 23.0 Å². The third-order valence-corrected chi connectivity index (χ3v) is 3.35. The second kappa shape index (κ2) is 6.32. The van der Waals surface area contributed by atoms with Crippen molar-refractivity contribution in [1.29, 1.82) is 0 Å². The zero-order valence-corrected chi connectivity index (χ0v) is 11.1. The van der Waals surface area contributed by atoms with E-state index in [1.165, 1.54) is 11.9 Å². The molecule has 0 atom stereocenters. The molecule has 2 heterocycles. The van der Waals surface area contributed by atoms with Crippen LogP contribution >= 0.6 is 11.3 Å². The Morgan fingerprint density at radius 1 is 1.33 bits per heavy atom. The monoisotopic (exact) mass is 263 g/mol. The maximum atomic E-state index is 5.47. The SMILES string of the molecule is CCCc1c(NN)ncnc1NCc1ccsc1. The fraction of sp³-hybridized carbons (Fsp3) is 0.333. The minimum Gasteiger partial charge on any atom is -0.366 e. The molecule has 2 rings (SSSR count). The number of anilines is 2. The molecule has 96 valence electrons. The Morgan fingerprint density at radius 3 is 2.83 bits per heavy atom. The summed E-state index contributed by atoms with van der Waals surface area (Å²) in [6, 6.07) is 2.10. The molecule has 0 unspecified atom stereocenters. The highest BCUT2D eigenvalue weighted by molar-refractivity contribution is 7.07. The molecule has 0 fully saturated rings. The van der Waals surface area contributed by atoms with E-state index in [9.17, 15) is 0 Å². The highest BCUT2D eigenvalue weighted by Crippen LogP contribution is 2.21. The Bertz CT molecular complexity index is 483. The largest absolute Gasteiger partial charge is 0.366 e. The van der Waals surface area contributed by atoms with E-state index in [2.05, 4.69) is 44.5 Å². The average molecular weight is 263 g/mol. The molecule has 0 aliphatic carbocycles. The van der Waals surface area contributed by atoms with Crippen LogP contribution in [0.2, 0.25) is 0 Å². The lowest BCUT2D eigenvalue weighted by molar-refractivity contribution is 0.897. The van der Waals surface area contributed by atoms with Gasteiger partial charge in [0.25, 0.3) is 0 Å². The molecule has 0 aliphatic heterocycles. The number of rotatable bonds is 6. The average Bonchev–Trinajstić information content (AvgIpc) is 2.91. The molecule has 5 nitrogen and oxygen atoms in total. The van der Waals surface area contributed by atoms with E-state index in [1.54, 1.807) is 11.3 Å². The molecule has 6 heteroatoms. The normalized spacial score (nSPS) is 10.3. The van der Waals surface area contributed by atoms with Crippen molar-refractivity contribution < 1.29 is 0 Å². The number of nitrogens with two attached hydrogens (primary N) is 1. The maximum Gasteiger partial charge on any atom is 0.148 e. The van der Waals surface area contributed by atoms with Gasteiger partial charge in [0.05, 0.1) is 0 Å². The quantitative estimate of drug-likeness (QED) is 0.551. The number of hydrogen-bond donors (Lipinski definition) is 3. The Labute approximate surface area is 110 Å². The summed E-state index contributed by atoms with van der Waals surface area (Å²) in [6.45, 7) is 2.89. The van der Waals surface area contributed by atoms with Crippen LogP contribution in [0.4, 0.5) is 11.6 Å². The number of nitrogens with one attached hydrogen (secondary N) is 2. The van der Waals surface area contributed by atoms with Gasteiger partial charge in [-0.25, -0.2) is 15.8 Å². The zero-order valence-electron chi connectivity index (χ0n) is 10.3. The van der Waals surface area contributed by atoms with Crippen LogP contribution in [0, 0.1) is 0 Å². The van der Waals surface area contributed by atoms with Gasteiger partial charge in [0.2, 0.25) is 0 Å². The van der Waals surface area contributed by atoms with Gasteiger partial charge in [-0.3, -0.25) is 0 Å². The van der Waals surface area contributed by atoms with Crippen LogP contribution in [0.3, 0.4) is 0 Å². The van der Waals surface area contributed by atoms with Crippen LogP contribution in [0.15, 0.2) is 23.2 Å². The molecule has 2 aromatic rings. The standard InChI is InChI=1S/C12H17N5S/c1-2-3-10-11(15-8-16-12(10)17-13)14-6-9-4-5-18-7-9/h4-5,7-8H,2-3,6,13H2,1H3,(H2,14,15,16,17). The minimum absolute atomic E-state index is 0.694. The summed E-state index contributed by atoms with van der Waals surface area (Å²) in [7, 11) is 0. The van der Waals surface area contributed by atoms with Crippen LogP contribution in [-0.4, -0.2) is 9.97 Å². The number of hydrazine groups is 1.